The number of sulfonamides is 1. The quantitative estimate of drug-likeness (QED) is 0.0210. The number of nitrogens with zero attached hydrogens (tertiary/aromatic N) is 4. The van der Waals surface area contributed by atoms with Gasteiger partial charge in [0.15, 0.2) is 0 Å². The van der Waals surface area contributed by atoms with E-state index in [1.807, 2.05) is 42.1 Å². The van der Waals surface area contributed by atoms with Gasteiger partial charge in [0, 0.05) is 79.3 Å². The molecule has 0 radical (unpaired) electrons. The highest BCUT2D eigenvalue weighted by atomic mass is 32.2. The van der Waals surface area contributed by atoms with Crippen molar-refractivity contribution in [2.75, 3.05) is 80.7 Å². The lowest BCUT2D eigenvalue weighted by Crippen LogP contribution is -2.61. The Morgan fingerprint density at radius 3 is 2.21 bits per heavy atom. The Kier molecular flexibility index (Phi) is 18.3. The van der Waals surface area contributed by atoms with E-state index < -0.39 is 82.5 Å². The lowest BCUT2D eigenvalue weighted by molar-refractivity contribution is -0.167. The Morgan fingerprint density at radius 1 is 0.814 bits per heavy atom. The molecule has 86 heavy (non-hydrogen) atoms. The molecule has 3 saturated carbocycles. The van der Waals surface area contributed by atoms with Crippen molar-refractivity contribution in [2.24, 2.45) is 16.2 Å². The number of amides is 5. The van der Waals surface area contributed by atoms with Crippen LogP contribution in [0.3, 0.4) is 0 Å². The van der Waals surface area contributed by atoms with Crippen molar-refractivity contribution in [3.05, 3.63) is 119 Å². The number of benzene rings is 4. The van der Waals surface area contributed by atoms with Gasteiger partial charge < -0.3 is 20.4 Å². The number of fused-ring (bicyclic) bond motifs is 1. The highest BCUT2D eigenvalue weighted by Crippen LogP contribution is 2.77. The van der Waals surface area contributed by atoms with Crippen molar-refractivity contribution in [2.45, 2.75) is 137 Å². The fourth-order valence-electron chi connectivity index (χ4n) is 13.7. The van der Waals surface area contributed by atoms with E-state index in [2.05, 4.69) is 51.4 Å². The van der Waals surface area contributed by atoms with E-state index in [9.17, 15) is 54.0 Å². The second-order valence-electron chi connectivity index (χ2n) is 25.5. The predicted octanol–water partition coefficient (Wildman–Crippen LogP) is 9.89. The standard InChI is InChI=1S/C63H77F3N8O9S3/c1-60(2)27-25-43(49(36-60)62-39-61(3,40-62)41-62)37-72-31-33-73(34-32-72)45-19-17-42(18-20-45)56(76)70-86(82,83)47-21-22-50(53(35-47)85(80,81)63(64,65)66)68-44(38-84-46-13-8-7-9-14-46)26-30-71(4)29-11-6-5-10-28-67-51-16-12-15-48-55(51)59(79)74(58(48)78)52-23-24-54(75)69-57(52)77/h7-9,12-22,35,44,52,67-68H,5-6,10-11,23-34,36-41H2,1-4H3,(H,70,76)(H,69,75,77)/t44-,52?,61?,62?/m1/s1. The van der Waals surface area contributed by atoms with Crippen molar-refractivity contribution >= 4 is 78.2 Å². The number of piperidine rings is 1. The number of nitrogens with one attached hydrogen (secondary N) is 4. The van der Waals surface area contributed by atoms with Gasteiger partial charge in [0.1, 0.15) is 10.9 Å². The average molecular weight is 1240 g/mol. The zero-order valence-corrected chi connectivity index (χ0v) is 51.6. The van der Waals surface area contributed by atoms with Crippen LogP contribution in [0, 0.1) is 16.2 Å². The second kappa shape index (κ2) is 25.1. The number of imide groups is 2. The highest BCUT2D eigenvalue weighted by Gasteiger charge is 2.67. The molecule has 5 amide bonds. The molecule has 4 aromatic carbocycles. The van der Waals surface area contributed by atoms with E-state index in [0.717, 1.165) is 92.4 Å². The summed E-state index contributed by atoms with van der Waals surface area (Å²) in [5.41, 5.74) is 0.136. The van der Waals surface area contributed by atoms with Crippen LogP contribution in [-0.4, -0.2) is 144 Å². The summed E-state index contributed by atoms with van der Waals surface area (Å²) in [5.74, 6) is -3.04. The Labute approximate surface area is 506 Å². The summed E-state index contributed by atoms with van der Waals surface area (Å²) in [5, 5.41) is 8.48. The zero-order valence-electron chi connectivity index (χ0n) is 49.2. The van der Waals surface area contributed by atoms with Gasteiger partial charge in [-0.3, -0.25) is 39.1 Å². The largest absolute Gasteiger partial charge is 0.501 e. The molecular weight excluding hydrogens is 1170 g/mol. The Bertz CT molecular complexity index is 3500. The molecule has 2 atom stereocenters. The summed E-state index contributed by atoms with van der Waals surface area (Å²) in [7, 11) is -9.13. The van der Waals surface area contributed by atoms with E-state index in [1.165, 1.54) is 62.1 Å². The number of carbonyl (C=O) groups is 5. The molecule has 3 aliphatic heterocycles. The van der Waals surface area contributed by atoms with Crippen LogP contribution in [0.1, 0.15) is 135 Å². The molecule has 7 aliphatic rings. The van der Waals surface area contributed by atoms with E-state index in [1.54, 1.807) is 35.4 Å². The maximum atomic E-state index is 14.5. The van der Waals surface area contributed by atoms with Gasteiger partial charge in [-0.15, -0.1) is 11.8 Å². The molecule has 5 fully saturated rings. The first-order valence-electron chi connectivity index (χ1n) is 29.8. The van der Waals surface area contributed by atoms with Crippen molar-refractivity contribution in [1.29, 1.82) is 0 Å². The summed E-state index contributed by atoms with van der Waals surface area (Å²) >= 11 is 1.42. The minimum absolute atomic E-state index is 0.00825. The number of sulfone groups is 1. The van der Waals surface area contributed by atoms with Crippen molar-refractivity contribution in [1.82, 2.24) is 24.7 Å². The topological polar surface area (TPSA) is 215 Å². The molecule has 0 aromatic heterocycles. The molecule has 4 N–H and O–H groups in total. The first-order valence-corrected chi connectivity index (χ1v) is 33.7. The summed E-state index contributed by atoms with van der Waals surface area (Å²) < 4.78 is 99.5. The number of alkyl halides is 3. The van der Waals surface area contributed by atoms with Crippen LogP contribution < -0.4 is 25.6 Å². The Balaban J connectivity index is 0.725. The van der Waals surface area contributed by atoms with Crippen LogP contribution in [0.15, 0.2) is 117 Å². The van der Waals surface area contributed by atoms with Crippen molar-refractivity contribution in [3.8, 4) is 0 Å². The molecule has 4 aliphatic carbocycles. The minimum atomic E-state index is -6.13. The van der Waals surface area contributed by atoms with Crippen molar-refractivity contribution in [3.63, 3.8) is 0 Å². The number of piperazine rings is 1. The van der Waals surface area contributed by atoms with Crippen LogP contribution >= 0.6 is 11.8 Å². The van der Waals surface area contributed by atoms with Crippen LogP contribution in [-0.2, 0) is 29.4 Å². The number of carbonyl (C=O) groups excluding carboxylic acids is 5. The molecular formula is C63H77F3N8O9S3. The second-order valence-corrected chi connectivity index (χ2v) is 30.2. The smallest absolute Gasteiger partial charge is 0.384 e. The molecule has 1 unspecified atom stereocenters. The third kappa shape index (κ3) is 13.7. The van der Waals surface area contributed by atoms with Gasteiger partial charge in [0.25, 0.3) is 37.6 Å². The van der Waals surface area contributed by atoms with Crippen molar-refractivity contribution < 1.29 is 54.0 Å². The molecule has 462 valence electrons. The third-order valence-electron chi connectivity index (χ3n) is 18.2. The predicted molar refractivity (Wildman–Crippen MR) is 325 cm³/mol. The third-order valence-corrected chi connectivity index (χ3v) is 22.2. The molecule has 2 bridgehead atoms. The number of halogens is 3. The lowest BCUT2D eigenvalue weighted by atomic mass is 9.33. The Hall–Kier alpha value is -6.27. The first kappa shape index (κ1) is 62.8. The maximum Gasteiger partial charge on any atom is 0.501 e. The van der Waals surface area contributed by atoms with Gasteiger partial charge >= 0.3 is 5.51 Å². The van der Waals surface area contributed by atoms with Gasteiger partial charge in [-0.2, -0.15) is 13.2 Å². The number of anilines is 3. The summed E-state index contributed by atoms with van der Waals surface area (Å²) in [6.45, 7) is 13.1. The number of unbranched alkanes of at least 4 members (excludes halogenated alkanes) is 3. The molecule has 3 heterocycles. The van der Waals surface area contributed by atoms with Crippen LogP contribution in [0.5, 0.6) is 0 Å². The van der Waals surface area contributed by atoms with Crippen LogP contribution in [0.4, 0.5) is 30.2 Å². The van der Waals surface area contributed by atoms with Crippen LogP contribution in [0.2, 0.25) is 0 Å². The number of allylic oxidation sites excluding steroid dienone is 1. The van der Waals surface area contributed by atoms with Gasteiger partial charge in [-0.25, -0.2) is 21.6 Å². The van der Waals surface area contributed by atoms with E-state index in [-0.39, 0.29) is 29.5 Å². The fourth-order valence-corrected chi connectivity index (χ4v) is 16.7. The van der Waals surface area contributed by atoms with E-state index >= 15 is 0 Å². The normalized spacial score (nSPS) is 22.7. The van der Waals surface area contributed by atoms with E-state index in [4.69, 9.17) is 0 Å². The SMILES string of the molecule is CN(CCCCCCNc1cccc2c1C(=O)N(C1CCC(=O)NC1=O)C2=O)CC[C@H](CSc1ccccc1)Nc1ccc(S(=O)(=O)NC(=O)c2ccc(N3CCN(CC4=C(C56CC(C)(C5)C6)CC(C)(C)CC4)CC3)cc2)cc1S(=O)(=O)C(F)(F)F. The lowest BCUT2D eigenvalue weighted by Gasteiger charge is -2.72. The molecule has 23 heteroatoms. The molecule has 11 rings (SSSR count). The molecule has 17 nitrogen and oxygen atoms in total. The highest BCUT2D eigenvalue weighted by molar-refractivity contribution is 7.99. The molecule has 2 saturated heterocycles. The van der Waals surface area contributed by atoms with E-state index in [0.29, 0.717) is 59.8 Å². The van der Waals surface area contributed by atoms with Gasteiger partial charge in [-0.1, -0.05) is 69.0 Å². The molecule has 4 aromatic rings. The molecule has 0 spiro atoms. The van der Waals surface area contributed by atoms with Gasteiger partial charge in [0.2, 0.25) is 11.8 Å². The minimum Gasteiger partial charge on any atom is -0.384 e. The number of rotatable bonds is 25. The number of hydrogen-bond donors (Lipinski definition) is 4. The zero-order chi connectivity index (χ0) is 61.4. The van der Waals surface area contributed by atoms with Gasteiger partial charge in [0.05, 0.1) is 21.7 Å². The number of hydrogen-bond acceptors (Lipinski definition) is 15. The summed E-state index contributed by atoms with van der Waals surface area (Å²) in [6, 6.07) is 21.4. The van der Waals surface area contributed by atoms with Gasteiger partial charge in [-0.05, 0) is 167 Å². The Morgan fingerprint density at radius 2 is 1.52 bits per heavy atom. The summed E-state index contributed by atoms with van der Waals surface area (Å²) in [6.07, 6.45) is 11.1. The average Bonchev–Trinajstić information content (AvgIpc) is 0.801. The van der Waals surface area contributed by atoms with Crippen LogP contribution in [0.25, 0.3) is 0 Å². The monoisotopic (exact) mass is 1240 g/mol. The first-order chi connectivity index (χ1) is 40.7. The number of thioether (sulfide) groups is 1. The maximum absolute atomic E-state index is 14.5. The summed E-state index contributed by atoms with van der Waals surface area (Å²) in [4.78, 5) is 71.0. The fraction of sp³-hybridized carbons (Fsp3) is 0.508.